The molecule has 17 heavy (non-hydrogen) atoms. The molecule has 0 heterocycles. The van der Waals surface area contributed by atoms with E-state index in [9.17, 15) is 17.6 Å². The van der Waals surface area contributed by atoms with Crippen LogP contribution < -0.4 is 5.32 Å². The minimum atomic E-state index is -4.72. The summed E-state index contributed by atoms with van der Waals surface area (Å²) in [6.45, 7) is -0.776. The normalized spacial score (nSPS) is 13.6. The molecule has 0 aromatic heterocycles. The maximum atomic E-state index is 13.0. The molecule has 0 spiro atoms. The van der Waals surface area contributed by atoms with Gasteiger partial charge in [0.05, 0.1) is 10.0 Å². The van der Waals surface area contributed by atoms with Crippen LogP contribution in [0.4, 0.5) is 23.2 Å². The third-order valence-electron chi connectivity index (χ3n) is 1.86. The summed E-state index contributed by atoms with van der Waals surface area (Å²) in [7, 11) is 0. The molecule has 0 aliphatic carbocycles. The molecule has 2 nitrogen and oxygen atoms in total. The SMILES string of the molecule is OC(CNc1cc(Cl)c(F)c(Cl)c1)C(F)(F)F. The van der Waals surface area contributed by atoms with Crippen molar-refractivity contribution in [1.29, 1.82) is 0 Å². The van der Waals surface area contributed by atoms with Crippen molar-refractivity contribution in [1.82, 2.24) is 0 Å². The Kier molecular flexibility index (Phi) is 4.46. The van der Waals surface area contributed by atoms with Gasteiger partial charge >= 0.3 is 6.18 Å². The molecule has 0 amide bonds. The van der Waals surface area contributed by atoms with Crippen LogP contribution in [0.25, 0.3) is 0 Å². The van der Waals surface area contributed by atoms with Crippen molar-refractivity contribution in [2.75, 3.05) is 11.9 Å². The van der Waals surface area contributed by atoms with Crippen molar-refractivity contribution in [3.63, 3.8) is 0 Å². The predicted octanol–water partition coefficient (Wildman–Crippen LogP) is 3.47. The molecule has 96 valence electrons. The fraction of sp³-hybridized carbons (Fsp3) is 0.333. The van der Waals surface area contributed by atoms with Gasteiger partial charge in [-0.3, -0.25) is 0 Å². The first kappa shape index (κ1) is 14.3. The number of nitrogens with one attached hydrogen (secondary N) is 1. The Bertz CT molecular complexity index is 387. The predicted molar refractivity (Wildman–Crippen MR) is 57.0 cm³/mol. The largest absolute Gasteiger partial charge is 0.416 e. The molecule has 2 N–H and O–H groups in total. The topological polar surface area (TPSA) is 32.3 Å². The van der Waals surface area contributed by atoms with Crippen LogP contribution in [0, 0.1) is 5.82 Å². The molecule has 1 atom stereocenters. The second kappa shape index (κ2) is 5.29. The van der Waals surface area contributed by atoms with E-state index in [2.05, 4.69) is 5.32 Å². The molecule has 8 heteroatoms. The molecule has 0 fully saturated rings. The van der Waals surface area contributed by atoms with E-state index < -0.39 is 24.6 Å². The van der Waals surface area contributed by atoms with E-state index in [-0.39, 0.29) is 15.7 Å². The van der Waals surface area contributed by atoms with Gasteiger partial charge in [-0.1, -0.05) is 23.2 Å². The highest BCUT2D eigenvalue weighted by Crippen LogP contribution is 2.28. The van der Waals surface area contributed by atoms with Crippen LogP contribution in [0.3, 0.4) is 0 Å². The van der Waals surface area contributed by atoms with Crippen LogP contribution in [-0.2, 0) is 0 Å². The second-order valence-electron chi connectivity index (χ2n) is 3.19. The summed E-state index contributed by atoms with van der Waals surface area (Å²) in [6, 6.07) is 2.15. The third kappa shape index (κ3) is 3.90. The van der Waals surface area contributed by atoms with Crippen molar-refractivity contribution in [2.24, 2.45) is 0 Å². The number of halogens is 6. The van der Waals surface area contributed by atoms with Crippen molar-refractivity contribution in [3.8, 4) is 0 Å². The van der Waals surface area contributed by atoms with Gasteiger partial charge in [0, 0.05) is 12.2 Å². The van der Waals surface area contributed by atoms with E-state index in [1.165, 1.54) is 0 Å². The molecular formula is C9H7Cl2F4NO. The van der Waals surface area contributed by atoms with E-state index in [1.807, 2.05) is 0 Å². The lowest BCUT2D eigenvalue weighted by Gasteiger charge is -2.16. The van der Waals surface area contributed by atoms with Gasteiger partial charge in [-0.25, -0.2) is 4.39 Å². The number of anilines is 1. The van der Waals surface area contributed by atoms with Gasteiger partial charge in [0.25, 0.3) is 0 Å². The lowest BCUT2D eigenvalue weighted by atomic mass is 10.3. The molecule has 0 radical (unpaired) electrons. The van der Waals surface area contributed by atoms with E-state index in [4.69, 9.17) is 28.3 Å². The molecule has 0 aliphatic rings. The monoisotopic (exact) mass is 291 g/mol. The quantitative estimate of drug-likeness (QED) is 0.660. The molecular weight excluding hydrogens is 285 g/mol. The Labute approximate surface area is 104 Å². The summed E-state index contributed by atoms with van der Waals surface area (Å²) in [4.78, 5) is 0. The minimum absolute atomic E-state index is 0.0877. The first-order chi connectivity index (χ1) is 7.71. The summed E-state index contributed by atoms with van der Waals surface area (Å²) in [5, 5.41) is 10.3. The van der Waals surface area contributed by atoms with E-state index >= 15 is 0 Å². The van der Waals surface area contributed by atoms with Gasteiger partial charge < -0.3 is 10.4 Å². The Morgan fingerprint density at radius 2 is 1.71 bits per heavy atom. The van der Waals surface area contributed by atoms with Crippen molar-refractivity contribution < 1.29 is 22.7 Å². The van der Waals surface area contributed by atoms with Crippen LogP contribution in [0.1, 0.15) is 0 Å². The van der Waals surface area contributed by atoms with Crippen LogP contribution >= 0.6 is 23.2 Å². The highest BCUT2D eigenvalue weighted by Gasteiger charge is 2.37. The number of hydrogen-bond donors (Lipinski definition) is 2. The number of hydrogen-bond acceptors (Lipinski definition) is 2. The second-order valence-corrected chi connectivity index (χ2v) is 4.01. The van der Waals surface area contributed by atoms with Crippen molar-refractivity contribution in [3.05, 3.63) is 28.0 Å². The molecule has 1 rings (SSSR count). The Morgan fingerprint density at radius 3 is 2.12 bits per heavy atom. The first-order valence-corrected chi connectivity index (χ1v) is 5.10. The summed E-state index contributed by atoms with van der Waals surface area (Å²) in [5.41, 5.74) is 0.0877. The van der Waals surface area contributed by atoms with Gasteiger partial charge in [0.15, 0.2) is 11.9 Å². The minimum Gasteiger partial charge on any atom is -0.382 e. The van der Waals surface area contributed by atoms with Crippen LogP contribution in [-0.4, -0.2) is 23.9 Å². The number of aliphatic hydroxyl groups is 1. The summed E-state index contributed by atoms with van der Waals surface area (Å²) in [6.07, 6.45) is -7.24. The fourth-order valence-corrected chi connectivity index (χ4v) is 1.47. The fourth-order valence-electron chi connectivity index (χ4n) is 0.988. The Balaban J connectivity index is 2.71. The Hall–Kier alpha value is -0.720. The highest BCUT2D eigenvalue weighted by atomic mass is 35.5. The van der Waals surface area contributed by atoms with E-state index in [0.717, 1.165) is 12.1 Å². The van der Waals surface area contributed by atoms with E-state index in [0.29, 0.717) is 0 Å². The summed E-state index contributed by atoms with van der Waals surface area (Å²) < 4.78 is 48.9. The molecule has 0 bridgehead atoms. The zero-order valence-corrected chi connectivity index (χ0v) is 9.67. The molecule has 1 aromatic rings. The molecule has 1 unspecified atom stereocenters. The Morgan fingerprint density at radius 1 is 1.24 bits per heavy atom. The maximum absolute atomic E-state index is 13.0. The van der Waals surface area contributed by atoms with Gasteiger partial charge in [-0.15, -0.1) is 0 Å². The zero-order valence-electron chi connectivity index (χ0n) is 8.15. The standard InChI is InChI=1S/C9H7Cl2F4NO/c10-5-1-4(2-6(11)8(5)12)16-3-7(17)9(13,14)15/h1-2,7,16-17H,3H2. The third-order valence-corrected chi connectivity index (χ3v) is 2.41. The first-order valence-electron chi connectivity index (χ1n) is 4.35. The van der Waals surface area contributed by atoms with Gasteiger partial charge in [-0.05, 0) is 12.1 Å². The maximum Gasteiger partial charge on any atom is 0.416 e. The summed E-state index contributed by atoms with van der Waals surface area (Å²) in [5.74, 6) is -0.852. The number of rotatable bonds is 3. The molecule has 0 aliphatic heterocycles. The number of benzene rings is 1. The van der Waals surface area contributed by atoms with Gasteiger partial charge in [0.2, 0.25) is 0 Å². The van der Waals surface area contributed by atoms with Crippen LogP contribution in [0.15, 0.2) is 12.1 Å². The summed E-state index contributed by atoms with van der Waals surface area (Å²) >= 11 is 10.9. The lowest BCUT2D eigenvalue weighted by Crippen LogP contribution is -2.35. The number of alkyl halides is 3. The van der Waals surface area contributed by atoms with Crippen LogP contribution in [0.2, 0.25) is 10.0 Å². The van der Waals surface area contributed by atoms with Crippen molar-refractivity contribution >= 4 is 28.9 Å². The number of aliphatic hydroxyl groups excluding tert-OH is 1. The van der Waals surface area contributed by atoms with Gasteiger partial charge in [-0.2, -0.15) is 13.2 Å². The highest BCUT2D eigenvalue weighted by molar-refractivity contribution is 6.35. The van der Waals surface area contributed by atoms with Gasteiger partial charge in [0.1, 0.15) is 0 Å². The smallest absolute Gasteiger partial charge is 0.382 e. The average molecular weight is 292 g/mol. The molecule has 0 saturated heterocycles. The molecule has 1 aromatic carbocycles. The lowest BCUT2D eigenvalue weighted by molar-refractivity contribution is -0.198. The molecule has 0 saturated carbocycles. The average Bonchev–Trinajstić information content (AvgIpc) is 2.20. The van der Waals surface area contributed by atoms with E-state index in [1.54, 1.807) is 0 Å². The van der Waals surface area contributed by atoms with Crippen LogP contribution in [0.5, 0.6) is 0 Å². The van der Waals surface area contributed by atoms with Crippen molar-refractivity contribution in [2.45, 2.75) is 12.3 Å². The zero-order chi connectivity index (χ0) is 13.2.